The maximum atomic E-state index is 11.9. The number of hydrogen-bond acceptors (Lipinski definition) is 2. The van der Waals surface area contributed by atoms with E-state index in [-0.39, 0.29) is 11.4 Å². The van der Waals surface area contributed by atoms with Gasteiger partial charge in [-0.15, -0.1) is 0 Å². The highest BCUT2D eigenvalue weighted by Gasteiger charge is 2.15. The summed E-state index contributed by atoms with van der Waals surface area (Å²) < 4.78 is 5.19. The van der Waals surface area contributed by atoms with Crippen LogP contribution in [0.15, 0.2) is 18.2 Å². The summed E-state index contributed by atoms with van der Waals surface area (Å²) in [6.07, 6.45) is 0. The summed E-state index contributed by atoms with van der Waals surface area (Å²) >= 11 is 0. The fourth-order valence-corrected chi connectivity index (χ4v) is 1.37. The summed E-state index contributed by atoms with van der Waals surface area (Å²) in [6, 6.07) is 5.45. The summed E-state index contributed by atoms with van der Waals surface area (Å²) in [7, 11) is 1.60. The highest BCUT2D eigenvalue weighted by Crippen LogP contribution is 2.19. The molecule has 0 radical (unpaired) electrons. The fourth-order valence-electron chi connectivity index (χ4n) is 1.37. The zero-order valence-electron chi connectivity index (χ0n) is 10.5. The largest absolute Gasteiger partial charge is 0.496 e. The maximum absolute atomic E-state index is 11.9. The first-order valence-electron chi connectivity index (χ1n) is 5.30. The summed E-state index contributed by atoms with van der Waals surface area (Å²) in [5, 5.41) is 2.91. The number of ether oxygens (including phenoxy) is 1. The Kier molecular flexibility index (Phi) is 3.58. The van der Waals surface area contributed by atoms with Crippen LogP contribution in [-0.4, -0.2) is 18.6 Å². The van der Waals surface area contributed by atoms with Crippen LogP contribution in [-0.2, 0) is 0 Å². The molecule has 1 aromatic carbocycles. The van der Waals surface area contributed by atoms with Gasteiger partial charge in [-0.3, -0.25) is 4.79 Å². The Morgan fingerprint density at radius 2 is 1.94 bits per heavy atom. The average Bonchev–Trinajstić information content (AvgIpc) is 2.15. The normalized spacial score (nSPS) is 11.1. The van der Waals surface area contributed by atoms with Crippen LogP contribution in [0.3, 0.4) is 0 Å². The summed E-state index contributed by atoms with van der Waals surface area (Å²) in [6.45, 7) is 7.81. The molecule has 3 nitrogen and oxygen atoms in total. The Morgan fingerprint density at radius 3 is 2.44 bits per heavy atom. The van der Waals surface area contributed by atoms with E-state index in [9.17, 15) is 4.79 Å². The highest BCUT2D eigenvalue weighted by molar-refractivity contribution is 5.95. The number of amides is 1. The number of aryl methyl sites for hydroxylation is 1. The highest BCUT2D eigenvalue weighted by atomic mass is 16.5. The fraction of sp³-hybridized carbons (Fsp3) is 0.462. The maximum Gasteiger partial charge on any atom is 0.251 e. The van der Waals surface area contributed by atoms with Gasteiger partial charge in [0.1, 0.15) is 5.75 Å². The zero-order valence-corrected chi connectivity index (χ0v) is 10.5. The van der Waals surface area contributed by atoms with E-state index in [0.29, 0.717) is 5.56 Å². The molecule has 88 valence electrons. The average molecular weight is 221 g/mol. The number of carbonyl (C=O) groups is 1. The molecule has 1 rings (SSSR count). The molecule has 0 bridgehead atoms. The first-order chi connectivity index (χ1) is 7.33. The van der Waals surface area contributed by atoms with E-state index in [1.54, 1.807) is 19.2 Å². The standard InChI is InChI=1S/C13H19NO2/c1-9-6-7-10(8-11(9)16-5)12(15)14-13(2,3)4/h6-8H,1-5H3,(H,14,15). The van der Waals surface area contributed by atoms with Crippen molar-refractivity contribution in [3.63, 3.8) is 0 Å². The van der Waals surface area contributed by atoms with Crippen molar-refractivity contribution in [1.29, 1.82) is 0 Å². The van der Waals surface area contributed by atoms with Crippen molar-refractivity contribution in [3.8, 4) is 5.75 Å². The summed E-state index contributed by atoms with van der Waals surface area (Å²) in [4.78, 5) is 11.9. The minimum absolute atomic E-state index is 0.0780. The van der Waals surface area contributed by atoms with Crippen LogP contribution in [0, 0.1) is 6.92 Å². The molecule has 16 heavy (non-hydrogen) atoms. The minimum Gasteiger partial charge on any atom is -0.496 e. The van der Waals surface area contributed by atoms with Gasteiger partial charge in [-0.25, -0.2) is 0 Å². The van der Waals surface area contributed by atoms with Crippen LogP contribution in [0.1, 0.15) is 36.7 Å². The smallest absolute Gasteiger partial charge is 0.251 e. The van der Waals surface area contributed by atoms with Gasteiger partial charge in [0.25, 0.3) is 5.91 Å². The van der Waals surface area contributed by atoms with Gasteiger partial charge in [-0.05, 0) is 45.4 Å². The van der Waals surface area contributed by atoms with Crippen LogP contribution in [0.4, 0.5) is 0 Å². The number of carbonyl (C=O) groups excluding carboxylic acids is 1. The molecular weight excluding hydrogens is 202 g/mol. The number of hydrogen-bond donors (Lipinski definition) is 1. The molecule has 1 aromatic rings. The van der Waals surface area contributed by atoms with Gasteiger partial charge in [0.05, 0.1) is 7.11 Å². The van der Waals surface area contributed by atoms with Gasteiger partial charge < -0.3 is 10.1 Å². The predicted octanol–water partition coefficient (Wildman–Crippen LogP) is 2.53. The SMILES string of the molecule is COc1cc(C(=O)NC(C)(C)C)ccc1C. The first-order valence-corrected chi connectivity index (χ1v) is 5.30. The summed E-state index contributed by atoms with van der Waals surface area (Å²) in [5.41, 5.74) is 1.42. The Balaban J connectivity index is 2.93. The molecule has 0 fully saturated rings. The van der Waals surface area contributed by atoms with Gasteiger partial charge in [0.2, 0.25) is 0 Å². The van der Waals surface area contributed by atoms with E-state index in [1.165, 1.54) is 0 Å². The Hall–Kier alpha value is -1.51. The van der Waals surface area contributed by atoms with Crippen molar-refractivity contribution in [2.75, 3.05) is 7.11 Å². The molecule has 0 heterocycles. The van der Waals surface area contributed by atoms with Gasteiger partial charge in [-0.1, -0.05) is 6.07 Å². The summed E-state index contributed by atoms with van der Waals surface area (Å²) in [5.74, 6) is 0.660. The Bertz CT molecular complexity index is 391. The van der Waals surface area contributed by atoms with Gasteiger partial charge >= 0.3 is 0 Å². The van der Waals surface area contributed by atoms with Gasteiger partial charge in [0, 0.05) is 11.1 Å². The van der Waals surface area contributed by atoms with Crippen LogP contribution >= 0.6 is 0 Å². The lowest BCUT2D eigenvalue weighted by Crippen LogP contribution is -2.40. The van der Waals surface area contributed by atoms with Crippen molar-refractivity contribution >= 4 is 5.91 Å². The Labute approximate surface area is 96.8 Å². The number of methoxy groups -OCH3 is 1. The molecule has 0 saturated heterocycles. The topological polar surface area (TPSA) is 38.3 Å². The van der Waals surface area contributed by atoms with Crippen molar-refractivity contribution in [3.05, 3.63) is 29.3 Å². The molecule has 0 unspecified atom stereocenters. The van der Waals surface area contributed by atoms with Crippen LogP contribution in [0.2, 0.25) is 0 Å². The van der Waals surface area contributed by atoms with Crippen molar-refractivity contribution in [1.82, 2.24) is 5.32 Å². The predicted molar refractivity (Wildman–Crippen MR) is 65.0 cm³/mol. The van der Waals surface area contributed by atoms with Gasteiger partial charge in [-0.2, -0.15) is 0 Å². The van der Waals surface area contributed by atoms with Gasteiger partial charge in [0.15, 0.2) is 0 Å². The van der Waals surface area contributed by atoms with Crippen LogP contribution in [0.5, 0.6) is 5.75 Å². The lowest BCUT2D eigenvalue weighted by molar-refractivity contribution is 0.0919. The number of nitrogens with one attached hydrogen (secondary N) is 1. The molecule has 0 aliphatic rings. The van der Waals surface area contributed by atoms with Crippen molar-refractivity contribution < 1.29 is 9.53 Å². The second-order valence-corrected chi connectivity index (χ2v) is 4.89. The monoisotopic (exact) mass is 221 g/mol. The number of rotatable bonds is 2. The second-order valence-electron chi connectivity index (χ2n) is 4.89. The third-order valence-corrected chi connectivity index (χ3v) is 2.16. The molecule has 0 aromatic heterocycles. The molecule has 1 N–H and O–H groups in total. The van der Waals surface area contributed by atoms with E-state index in [0.717, 1.165) is 11.3 Å². The molecule has 3 heteroatoms. The van der Waals surface area contributed by atoms with Crippen molar-refractivity contribution in [2.45, 2.75) is 33.2 Å². The quantitative estimate of drug-likeness (QED) is 0.833. The molecule has 0 aliphatic heterocycles. The third-order valence-electron chi connectivity index (χ3n) is 2.16. The first kappa shape index (κ1) is 12.6. The van der Waals surface area contributed by atoms with E-state index in [2.05, 4.69) is 5.32 Å². The number of benzene rings is 1. The van der Waals surface area contributed by atoms with Crippen molar-refractivity contribution in [2.24, 2.45) is 0 Å². The van der Waals surface area contributed by atoms with Crippen LogP contribution < -0.4 is 10.1 Å². The van der Waals surface area contributed by atoms with E-state index in [1.807, 2.05) is 33.8 Å². The van der Waals surface area contributed by atoms with E-state index >= 15 is 0 Å². The zero-order chi connectivity index (χ0) is 12.3. The second kappa shape index (κ2) is 4.56. The molecule has 0 spiro atoms. The molecule has 0 aliphatic carbocycles. The van der Waals surface area contributed by atoms with E-state index in [4.69, 9.17) is 4.74 Å². The molecule has 0 saturated carbocycles. The lowest BCUT2D eigenvalue weighted by atomic mass is 10.1. The molecular formula is C13H19NO2. The molecule has 0 atom stereocenters. The lowest BCUT2D eigenvalue weighted by Gasteiger charge is -2.20. The van der Waals surface area contributed by atoms with E-state index < -0.39 is 0 Å². The molecule has 1 amide bonds. The third kappa shape index (κ3) is 3.26. The van der Waals surface area contributed by atoms with Crippen LogP contribution in [0.25, 0.3) is 0 Å². The minimum atomic E-state index is -0.227. The Morgan fingerprint density at radius 1 is 1.31 bits per heavy atom.